The summed E-state index contributed by atoms with van der Waals surface area (Å²) in [6, 6.07) is 8.76. The fourth-order valence-corrected chi connectivity index (χ4v) is 4.26. The van der Waals surface area contributed by atoms with Gasteiger partial charge in [0.25, 0.3) is 0 Å². The molecule has 1 aliphatic rings. The third kappa shape index (κ3) is 3.81. The molecule has 3 heterocycles. The van der Waals surface area contributed by atoms with Crippen LogP contribution in [-0.2, 0) is 4.74 Å². The molecule has 3 aromatic rings. The molecule has 1 aromatic carbocycles. The predicted octanol–water partition coefficient (Wildman–Crippen LogP) is 4.50. The number of ether oxygens (including phenoxy) is 1. The van der Waals surface area contributed by atoms with Gasteiger partial charge in [-0.3, -0.25) is 14.3 Å². The first kappa shape index (κ1) is 18.7. The van der Waals surface area contributed by atoms with Crippen molar-refractivity contribution in [3.05, 3.63) is 69.5 Å². The van der Waals surface area contributed by atoms with Crippen LogP contribution in [0.1, 0.15) is 22.2 Å². The quantitative estimate of drug-likeness (QED) is 0.569. The van der Waals surface area contributed by atoms with Crippen molar-refractivity contribution in [2.24, 2.45) is 0 Å². The van der Waals surface area contributed by atoms with Crippen LogP contribution >= 0.6 is 34.5 Å². The van der Waals surface area contributed by atoms with Gasteiger partial charge in [0.1, 0.15) is 11.0 Å². The number of Topliss-reactive ketones (excluding diaryl/α,β-unsaturated/α-hetero) is 1. The van der Waals surface area contributed by atoms with Crippen molar-refractivity contribution in [3.8, 4) is 5.00 Å². The van der Waals surface area contributed by atoms with Crippen LogP contribution in [0.5, 0.6) is 0 Å². The molecule has 2 aromatic heterocycles. The average Bonchev–Trinajstić information content (AvgIpc) is 3.36. The number of halogens is 2. The Hall–Kier alpha value is -1.70. The minimum atomic E-state index is -0.496. The number of aromatic nitrogens is 2. The second kappa shape index (κ2) is 8.12. The van der Waals surface area contributed by atoms with Gasteiger partial charge in [-0.15, -0.1) is 11.3 Å². The van der Waals surface area contributed by atoms with Crippen molar-refractivity contribution in [2.75, 3.05) is 26.3 Å². The Kier molecular flexibility index (Phi) is 5.61. The molecule has 0 unspecified atom stereocenters. The summed E-state index contributed by atoms with van der Waals surface area (Å²) in [7, 11) is 0. The van der Waals surface area contributed by atoms with Gasteiger partial charge in [-0.25, -0.2) is 4.98 Å². The van der Waals surface area contributed by atoms with E-state index in [2.05, 4.69) is 9.88 Å². The zero-order chi connectivity index (χ0) is 18.8. The Morgan fingerprint density at radius 2 is 2.00 bits per heavy atom. The van der Waals surface area contributed by atoms with Crippen molar-refractivity contribution < 1.29 is 9.53 Å². The van der Waals surface area contributed by atoms with Crippen LogP contribution in [0.3, 0.4) is 0 Å². The monoisotopic (exact) mass is 421 g/mol. The molecule has 1 aliphatic heterocycles. The minimum Gasteiger partial charge on any atom is -0.379 e. The highest BCUT2D eigenvalue weighted by Gasteiger charge is 2.32. The highest BCUT2D eigenvalue weighted by atomic mass is 35.5. The SMILES string of the molecule is O=C(c1nccn1-c1cccs1)[C@H](c1ccc(Cl)c(Cl)c1)N1CCOCC1. The molecule has 5 nitrogen and oxygen atoms in total. The molecule has 4 rings (SSSR count). The number of ketones is 1. The van der Waals surface area contributed by atoms with E-state index in [0.717, 1.165) is 10.6 Å². The summed E-state index contributed by atoms with van der Waals surface area (Å²) < 4.78 is 7.29. The summed E-state index contributed by atoms with van der Waals surface area (Å²) >= 11 is 13.9. The average molecular weight is 422 g/mol. The lowest BCUT2D eigenvalue weighted by Gasteiger charge is -2.33. The molecule has 1 fully saturated rings. The van der Waals surface area contributed by atoms with Crippen LogP contribution in [0, 0.1) is 0 Å². The molecule has 8 heteroatoms. The van der Waals surface area contributed by atoms with Gasteiger partial charge in [0.2, 0.25) is 5.78 Å². The largest absolute Gasteiger partial charge is 0.379 e. The van der Waals surface area contributed by atoms with E-state index in [4.69, 9.17) is 27.9 Å². The first-order valence-electron chi connectivity index (χ1n) is 8.53. The number of imidazole rings is 1. The Labute approximate surface area is 171 Å². The normalized spacial score (nSPS) is 16.4. The Morgan fingerprint density at radius 3 is 2.70 bits per heavy atom. The molecule has 0 spiro atoms. The van der Waals surface area contributed by atoms with Gasteiger partial charge in [-0.05, 0) is 35.2 Å². The zero-order valence-electron chi connectivity index (χ0n) is 14.3. The van der Waals surface area contributed by atoms with Gasteiger partial charge in [0.15, 0.2) is 5.82 Å². The van der Waals surface area contributed by atoms with E-state index in [-0.39, 0.29) is 5.78 Å². The number of carbonyl (C=O) groups is 1. The molecule has 140 valence electrons. The van der Waals surface area contributed by atoms with Crippen LogP contribution in [0.4, 0.5) is 0 Å². The Bertz CT molecular complexity index is 936. The van der Waals surface area contributed by atoms with Gasteiger partial charge in [0.05, 0.1) is 23.3 Å². The third-order valence-electron chi connectivity index (χ3n) is 4.52. The van der Waals surface area contributed by atoms with E-state index in [9.17, 15) is 4.79 Å². The number of hydrogen-bond acceptors (Lipinski definition) is 5. The van der Waals surface area contributed by atoms with Gasteiger partial charge in [-0.1, -0.05) is 29.3 Å². The van der Waals surface area contributed by atoms with Crippen LogP contribution in [0.15, 0.2) is 48.1 Å². The standard InChI is InChI=1S/C19H17Cl2N3O2S/c20-14-4-3-13(12-15(14)21)17(23-7-9-26-10-8-23)18(25)19-22-5-6-24(19)16-2-1-11-27-16/h1-6,11-12,17H,7-10H2/t17-/m0/s1. The lowest BCUT2D eigenvalue weighted by Crippen LogP contribution is -2.42. The summed E-state index contributed by atoms with van der Waals surface area (Å²) in [4.78, 5) is 20.0. The number of nitrogens with zero attached hydrogens (tertiary/aromatic N) is 3. The second-order valence-corrected chi connectivity index (χ2v) is 7.90. The topological polar surface area (TPSA) is 47.4 Å². The highest BCUT2D eigenvalue weighted by Crippen LogP contribution is 2.31. The first-order chi connectivity index (χ1) is 13.1. The van der Waals surface area contributed by atoms with Crippen LogP contribution in [-0.4, -0.2) is 46.5 Å². The fraction of sp³-hybridized carbons (Fsp3) is 0.263. The molecule has 0 radical (unpaired) electrons. The molecule has 0 aliphatic carbocycles. The van der Waals surface area contributed by atoms with Crippen molar-refractivity contribution in [2.45, 2.75) is 6.04 Å². The van der Waals surface area contributed by atoms with Crippen molar-refractivity contribution in [3.63, 3.8) is 0 Å². The first-order valence-corrected chi connectivity index (χ1v) is 10.2. The Balaban J connectivity index is 1.75. The second-order valence-electron chi connectivity index (χ2n) is 6.16. The van der Waals surface area contributed by atoms with Crippen molar-refractivity contribution >= 4 is 40.3 Å². The molecular weight excluding hydrogens is 405 g/mol. The Morgan fingerprint density at radius 1 is 1.19 bits per heavy atom. The van der Waals surface area contributed by atoms with E-state index < -0.39 is 6.04 Å². The molecule has 0 bridgehead atoms. The van der Waals surface area contributed by atoms with E-state index in [1.807, 2.05) is 34.3 Å². The summed E-state index contributed by atoms with van der Waals surface area (Å²) in [5.41, 5.74) is 0.803. The predicted molar refractivity (Wildman–Crippen MR) is 107 cm³/mol. The minimum absolute atomic E-state index is 0.0753. The molecule has 1 saturated heterocycles. The van der Waals surface area contributed by atoms with Crippen LogP contribution in [0.2, 0.25) is 10.0 Å². The molecular formula is C19H17Cl2N3O2S. The van der Waals surface area contributed by atoms with Crippen molar-refractivity contribution in [1.29, 1.82) is 0 Å². The van der Waals surface area contributed by atoms with Gasteiger partial charge in [0, 0.05) is 25.5 Å². The molecule has 0 saturated carbocycles. The molecule has 0 N–H and O–H groups in total. The number of thiophene rings is 1. The molecule has 0 amide bonds. The number of hydrogen-bond donors (Lipinski definition) is 0. The number of rotatable bonds is 5. The maximum Gasteiger partial charge on any atom is 0.220 e. The number of morpholine rings is 1. The summed E-state index contributed by atoms with van der Waals surface area (Å²) in [5.74, 6) is 0.328. The fourth-order valence-electron chi connectivity index (χ4n) is 3.24. The number of benzene rings is 1. The smallest absolute Gasteiger partial charge is 0.220 e. The lowest BCUT2D eigenvalue weighted by atomic mass is 9.99. The van der Waals surface area contributed by atoms with Crippen molar-refractivity contribution in [1.82, 2.24) is 14.5 Å². The highest BCUT2D eigenvalue weighted by molar-refractivity contribution is 7.12. The number of carbonyl (C=O) groups excluding carboxylic acids is 1. The van der Waals surface area contributed by atoms with E-state index >= 15 is 0 Å². The van der Waals surface area contributed by atoms with Gasteiger partial charge in [-0.2, -0.15) is 0 Å². The van der Waals surface area contributed by atoms with Crippen LogP contribution < -0.4 is 0 Å². The third-order valence-corrected chi connectivity index (χ3v) is 6.13. The summed E-state index contributed by atoms with van der Waals surface area (Å²) in [6.07, 6.45) is 3.46. The van der Waals surface area contributed by atoms with Gasteiger partial charge < -0.3 is 4.74 Å². The molecule has 1 atom stereocenters. The maximum absolute atomic E-state index is 13.6. The summed E-state index contributed by atoms with van der Waals surface area (Å²) in [5, 5.41) is 3.82. The maximum atomic E-state index is 13.6. The lowest BCUT2D eigenvalue weighted by molar-refractivity contribution is 0.0168. The van der Waals surface area contributed by atoms with Crippen LogP contribution in [0.25, 0.3) is 5.00 Å². The van der Waals surface area contributed by atoms with E-state index in [1.54, 1.807) is 29.7 Å². The van der Waals surface area contributed by atoms with E-state index in [1.165, 1.54) is 0 Å². The zero-order valence-corrected chi connectivity index (χ0v) is 16.7. The van der Waals surface area contributed by atoms with E-state index in [0.29, 0.717) is 42.2 Å². The molecule has 27 heavy (non-hydrogen) atoms. The summed E-state index contributed by atoms with van der Waals surface area (Å²) in [6.45, 7) is 2.50. The van der Waals surface area contributed by atoms with Gasteiger partial charge >= 0.3 is 0 Å².